The quantitative estimate of drug-likeness (QED) is 0.267. The molecule has 2 aromatic carbocycles. The number of anilines is 1. The highest BCUT2D eigenvalue weighted by Crippen LogP contribution is 2.44. The van der Waals surface area contributed by atoms with Crippen LogP contribution in [0.4, 0.5) is 5.13 Å². The monoisotopic (exact) mass is 518 g/mol. The summed E-state index contributed by atoms with van der Waals surface area (Å²) < 4.78 is 18.1. The van der Waals surface area contributed by atoms with E-state index in [0.29, 0.717) is 52.3 Å². The molecule has 0 aliphatic carbocycles. The summed E-state index contributed by atoms with van der Waals surface area (Å²) in [7, 11) is 0. The lowest BCUT2D eigenvalue weighted by Gasteiger charge is -2.23. The van der Waals surface area contributed by atoms with Crippen molar-refractivity contribution in [1.29, 1.82) is 0 Å². The summed E-state index contributed by atoms with van der Waals surface area (Å²) >= 11 is 1.33. The average Bonchev–Trinajstić information content (AvgIpc) is 3.48. The van der Waals surface area contributed by atoms with Crippen molar-refractivity contribution < 1.29 is 18.7 Å². The van der Waals surface area contributed by atoms with Gasteiger partial charge in [-0.25, -0.2) is 4.98 Å². The van der Waals surface area contributed by atoms with E-state index >= 15 is 0 Å². The van der Waals surface area contributed by atoms with E-state index in [1.165, 1.54) is 11.3 Å². The maximum Gasteiger partial charge on any atom is 0.297 e. The summed E-state index contributed by atoms with van der Waals surface area (Å²) in [5.74, 6) is 1.39. The summed E-state index contributed by atoms with van der Waals surface area (Å²) in [6.45, 7) is 11.1. The van der Waals surface area contributed by atoms with Crippen LogP contribution < -0.4 is 19.8 Å². The normalized spacial score (nSPS) is 15.0. The van der Waals surface area contributed by atoms with Crippen molar-refractivity contribution in [3.8, 4) is 11.5 Å². The largest absolute Gasteiger partial charge is 0.490 e. The second-order valence-electron chi connectivity index (χ2n) is 9.67. The predicted molar refractivity (Wildman–Crippen MR) is 145 cm³/mol. The minimum atomic E-state index is -0.708. The van der Waals surface area contributed by atoms with E-state index in [1.807, 2.05) is 51.1 Å². The first-order valence-electron chi connectivity index (χ1n) is 12.5. The van der Waals surface area contributed by atoms with Crippen LogP contribution >= 0.6 is 11.3 Å². The number of aromatic nitrogens is 1. The maximum absolute atomic E-state index is 13.9. The molecule has 0 saturated heterocycles. The Morgan fingerprint density at radius 2 is 1.86 bits per heavy atom. The minimum Gasteiger partial charge on any atom is -0.490 e. The van der Waals surface area contributed by atoms with E-state index in [2.05, 4.69) is 18.8 Å². The molecule has 1 atom stereocenters. The number of benzene rings is 2. The highest BCUT2D eigenvalue weighted by Gasteiger charge is 2.45. The Balaban J connectivity index is 1.68. The SMILES string of the molecule is CCOc1cc(C2c3c(oc4cc(C)c(C)cc4c3=O)C(=O)N2c2nccs2)ccc1OCCC(C)C. The van der Waals surface area contributed by atoms with Gasteiger partial charge in [0.2, 0.25) is 5.76 Å². The number of hydrogen-bond acceptors (Lipinski definition) is 7. The van der Waals surface area contributed by atoms with E-state index in [1.54, 1.807) is 16.5 Å². The Kier molecular flexibility index (Phi) is 6.77. The number of thiazole rings is 1. The molecule has 8 heteroatoms. The predicted octanol–water partition coefficient (Wildman–Crippen LogP) is 6.44. The molecular weight excluding hydrogens is 488 g/mol. The number of carbonyl (C=O) groups is 1. The molecule has 192 valence electrons. The molecule has 1 aliphatic rings. The molecule has 0 spiro atoms. The topological polar surface area (TPSA) is 81.9 Å². The van der Waals surface area contributed by atoms with Crippen molar-refractivity contribution in [2.75, 3.05) is 18.1 Å². The first-order chi connectivity index (χ1) is 17.8. The molecule has 0 bridgehead atoms. The first kappa shape index (κ1) is 25.0. The van der Waals surface area contributed by atoms with Crippen molar-refractivity contribution in [2.24, 2.45) is 5.92 Å². The Labute approximate surface area is 219 Å². The maximum atomic E-state index is 13.9. The van der Waals surface area contributed by atoms with Crippen molar-refractivity contribution >= 4 is 33.3 Å². The second kappa shape index (κ2) is 10.0. The Morgan fingerprint density at radius 1 is 1.08 bits per heavy atom. The fourth-order valence-electron chi connectivity index (χ4n) is 4.56. The zero-order chi connectivity index (χ0) is 26.3. The van der Waals surface area contributed by atoms with Crippen LogP contribution in [0.3, 0.4) is 0 Å². The third kappa shape index (κ3) is 4.50. The fourth-order valence-corrected chi connectivity index (χ4v) is 5.23. The summed E-state index contributed by atoms with van der Waals surface area (Å²) in [6.07, 6.45) is 2.56. The standard InChI is InChI=1S/C29H30N2O5S/c1-6-34-23-15-19(7-8-21(23)35-11-9-16(2)3)25-24-26(32)20-13-17(4)18(5)14-22(20)36-27(24)28(33)31(25)29-30-10-12-37-29/h7-8,10,12-16,25H,6,9,11H2,1-5H3. The molecule has 0 radical (unpaired) electrons. The van der Waals surface area contributed by atoms with E-state index in [0.717, 1.165) is 23.1 Å². The van der Waals surface area contributed by atoms with Gasteiger partial charge in [0.1, 0.15) is 5.58 Å². The molecule has 0 fully saturated rings. The van der Waals surface area contributed by atoms with Gasteiger partial charge in [0, 0.05) is 11.6 Å². The van der Waals surface area contributed by atoms with Crippen LogP contribution in [0.1, 0.15) is 66.0 Å². The van der Waals surface area contributed by atoms with Gasteiger partial charge in [0.25, 0.3) is 5.91 Å². The molecule has 5 rings (SSSR count). The van der Waals surface area contributed by atoms with Crippen LogP contribution in [0.15, 0.2) is 51.1 Å². The van der Waals surface area contributed by atoms with Crippen LogP contribution in [0, 0.1) is 19.8 Å². The fraction of sp³-hybridized carbons (Fsp3) is 0.345. The van der Waals surface area contributed by atoms with E-state index in [4.69, 9.17) is 13.9 Å². The van der Waals surface area contributed by atoms with E-state index in [9.17, 15) is 9.59 Å². The van der Waals surface area contributed by atoms with Crippen LogP contribution in [0.2, 0.25) is 0 Å². The molecule has 1 unspecified atom stereocenters. The summed E-state index contributed by atoms with van der Waals surface area (Å²) in [5, 5.41) is 2.75. The molecule has 1 amide bonds. The third-order valence-electron chi connectivity index (χ3n) is 6.65. The Bertz CT molecular complexity index is 1520. The zero-order valence-corrected chi connectivity index (χ0v) is 22.5. The number of aryl methyl sites for hydroxylation is 2. The number of hydrogen-bond donors (Lipinski definition) is 0. The Morgan fingerprint density at radius 3 is 2.57 bits per heavy atom. The molecular formula is C29H30N2O5S. The lowest BCUT2D eigenvalue weighted by Crippen LogP contribution is -2.29. The number of fused-ring (bicyclic) bond motifs is 2. The molecule has 3 heterocycles. The van der Waals surface area contributed by atoms with Gasteiger partial charge in [0.05, 0.1) is 30.2 Å². The van der Waals surface area contributed by atoms with Gasteiger partial charge >= 0.3 is 0 Å². The third-order valence-corrected chi connectivity index (χ3v) is 7.42. The highest BCUT2D eigenvalue weighted by atomic mass is 32.1. The second-order valence-corrected chi connectivity index (χ2v) is 10.5. The number of ether oxygens (including phenoxy) is 2. The van der Waals surface area contributed by atoms with Gasteiger partial charge in [-0.1, -0.05) is 19.9 Å². The number of rotatable bonds is 8. The van der Waals surface area contributed by atoms with Crippen molar-refractivity contribution in [3.63, 3.8) is 0 Å². The molecule has 0 N–H and O–H groups in total. The molecule has 0 saturated carbocycles. The van der Waals surface area contributed by atoms with Crippen molar-refractivity contribution in [2.45, 2.75) is 47.1 Å². The van der Waals surface area contributed by atoms with Crippen molar-refractivity contribution in [1.82, 2.24) is 4.98 Å². The van der Waals surface area contributed by atoms with Crippen molar-refractivity contribution in [3.05, 3.63) is 80.1 Å². The lowest BCUT2D eigenvalue weighted by atomic mass is 9.97. The summed E-state index contributed by atoms with van der Waals surface area (Å²) in [5.41, 5.74) is 3.20. The molecule has 37 heavy (non-hydrogen) atoms. The number of amides is 1. The Hall–Kier alpha value is -3.65. The van der Waals surface area contributed by atoms with E-state index in [-0.39, 0.29) is 17.1 Å². The first-order valence-corrected chi connectivity index (χ1v) is 13.4. The van der Waals surface area contributed by atoms with Gasteiger partial charge in [-0.2, -0.15) is 0 Å². The molecule has 4 aromatic rings. The highest BCUT2D eigenvalue weighted by molar-refractivity contribution is 7.13. The van der Waals surface area contributed by atoms with Crippen LogP contribution in [-0.4, -0.2) is 24.1 Å². The van der Waals surface area contributed by atoms with Gasteiger partial charge in [-0.3, -0.25) is 14.5 Å². The zero-order valence-electron chi connectivity index (χ0n) is 21.7. The van der Waals surface area contributed by atoms with Gasteiger partial charge in [-0.05, 0) is 74.1 Å². The molecule has 7 nitrogen and oxygen atoms in total. The number of carbonyl (C=O) groups excluding carboxylic acids is 1. The van der Waals surface area contributed by atoms with E-state index < -0.39 is 6.04 Å². The summed E-state index contributed by atoms with van der Waals surface area (Å²) in [4.78, 5) is 33.5. The van der Waals surface area contributed by atoms with Gasteiger partial charge in [-0.15, -0.1) is 11.3 Å². The summed E-state index contributed by atoms with van der Waals surface area (Å²) in [6, 6.07) is 8.52. The van der Waals surface area contributed by atoms with Crippen LogP contribution in [0.5, 0.6) is 11.5 Å². The molecule has 2 aromatic heterocycles. The number of nitrogens with zero attached hydrogens (tertiary/aromatic N) is 2. The lowest BCUT2D eigenvalue weighted by molar-refractivity contribution is 0.0971. The van der Waals surface area contributed by atoms with Crippen LogP contribution in [-0.2, 0) is 0 Å². The minimum absolute atomic E-state index is 0.0520. The van der Waals surface area contributed by atoms with Gasteiger partial charge < -0.3 is 13.9 Å². The smallest absolute Gasteiger partial charge is 0.297 e. The molecule has 1 aliphatic heterocycles. The van der Waals surface area contributed by atoms with Crippen LogP contribution in [0.25, 0.3) is 11.0 Å². The van der Waals surface area contributed by atoms with Gasteiger partial charge in [0.15, 0.2) is 22.1 Å². The average molecular weight is 519 g/mol.